The van der Waals surface area contributed by atoms with Gasteiger partial charge in [-0.3, -0.25) is 0 Å². The van der Waals surface area contributed by atoms with E-state index in [9.17, 15) is 26.7 Å². The molecule has 4 aromatic rings. The maximum absolute atomic E-state index is 14.1. The van der Waals surface area contributed by atoms with Crippen LogP contribution in [0.3, 0.4) is 0 Å². The molecule has 2 N–H and O–H groups in total. The van der Waals surface area contributed by atoms with E-state index in [0.717, 1.165) is 0 Å². The predicted molar refractivity (Wildman–Crippen MR) is 151 cm³/mol. The Bertz CT molecular complexity index is 1520. The molecule has 42 heavy (non-hydrogen) atoms. The van der Waals surface area contributed by atoms with Crippen LogP contribution < -0.4 is 4.72 Å². The zero-order valence-corrected chi connectivity index (χ0v) is 23.6. The van der Waals surface area contributed by atoms with E-state index in [1.165, 1.54) is 24.3 Å². The highest BCUT2D eigenvalue weighted by atomic mass is 32.2. The Hall–Kier alpha value is -3.54. The third-order valence-corrected chi connectivity index (χ3v) is 8.62. The summed E-state index contributed by atoms with van der Waals surface area (Å²) in [5.74, 6) is -1.45. The Kier molecular flexibility index (Phi) is 7.80. The van der Waals surface area contributed by atoms with Crippen LogP contribution in [0.25, 0.3) is 0 Å². The van der Waals surface area contributed by atoms with E-state index in [-0.39, 0.29) is 11.1 Å². The first-order chi connectivity index (χ1) is 19.8. The van der Waals surface area contributed by atoms with Gasteiger partial charge < -0.3 is 14.6 Å². The van der Waals surface area contributed by atoms with E-state index in [2.05, 4.69) is 0 Å². The summed E-state index contributed by atoms with van der Waals surface area (Å²) in [5, 5.41) is 12.8. The molecule has 2 atom stereocenters. The standard InChI is InChI=1S/C32H30F3NO5S/c1-29(2)40-27(28(41-29)31(37,25-19-11-5-12-20-25)26-21-13-6-14-22-26)30(23-15-7-3-8-16-23,24-17-9-4-10-18-24)36-42(38,39)32(33,34)35/h3-22,27-28,36-37H,1-2H3/t27-,28-/m1/s1. The van der Waals surface area contributed by atoms with Crippen molar-refractivity contribution in [2.24, 2.45) is 0 Å². The van der Waals surface area contributed by atoms with Gasteiger partial charge in [0.05, 0.1) is 0 Å². The third kappa shape index (κ3) is 5.25. The van der Waals surface area contributed by atoms with E-state index in [0.29, 0.717) is 11.1 Å². The van der Waals surface area contributed by atoms with Crippen LogP contribution in [-0.4, -0.2) is 37.0 Å². The molecule has 0 radical (unpaired) electrons. The molecule has 10 heteroatoms. The third-order valence-electron chi connectivity index (χ3n) is 7.42. The Balaban J connectivity index is 1.87. The predicted octanol–water partition coefficient (Wildman–Crippen LogP) is 5.83. The quantitative estimate of drug-likeness (QED) is 0.267. The van der Waals surface area contributed by atoms with E-state index in [4.69, 9.17) is 9.47 Å². The Labute approximate surface area is 242 Å². The van der Waals surface area contributed by atoms with Gasteiger partial charge in [-0.1, -0.05) is 121 Å². The summed E-state index contributed by atoms with van der Waals surface area (Å²) < 4.78 is 83.2. The molecule has 0 spiro atoms. The van der Waals surface area contributed by atoms with Gasteiger partial charge in [0, 0.05) is 0 Å². The zero-order chi connectivity index (χ0) is 30.2. The molecular weight excluding hydrogens is 567 g/mol. The number of alkyl halides is 3. The van der Waals surface area contributed by atoms with Gasteiger partial charge in [0.25, 0.3) is 0 Å². The van der Waals surface area contributed by atoms with Gasteiger partial charge >= 0.3 is 15.5 Å². The van der Waals surface area contributed by atoms with Gasteiger partial charge in [-0.05, 0) is 36.1 Å². The van der Waals surface area contributed by atoms with Crippen molar-refractivity contribution in [1.82, 2.24) is 4.72 Å². The van der Waals surface area contributed by atoms with Gasteiger partial charge in [0.15, 0.2) is 5.79 Å². The molecular formula is C32H30F3NO5S. The molecule has 0 amide bonds. The minimum atomic E-state index is -5.99. The molecule has 0 aromatic heterocycles. The van der Waals surface area contributed by atoms with Crippen molar-refractivity contribution in [3.63, 3.8) is 0 Å². The van der Waals surface area contributed by atoms with E-state index in [1.54, 1.807) is 111 Å². The monoisotopic (exact) mass is 597 g/mol. The van der Waals surface area contributed by atoms with E-state index >= 15 is 0 Å². The molecule has 0 bridgehead atoms. The van der Waals surface area contributed by atoms with Gasteiger partial charge in [-0.2, -0.15) is 17.9 Å². The highest BCUT2D eigenvalue weighted by Gasteiger charge is 2.64. The fourth-order valence-electron chi connectivity index (χ4n) is 5.61. The smallest absolute Gasteiger partial charge is 0.378 e. The Morgan fingerprint density at radius 2 is 0.976 bits per heavy atom. The fraction of sp³-hybridized carbons (Fsp3) is 0.250. The molecule has 6 nitrogen and oxygen atoms in total. The number of halogens is 3. The lowest BCUT2D eigenvalue weighted by Gasteiger charge is -2.45. The summed E-state index contributed by atoms with van der Waals surface area (Å²) >= 11 is 0. The van der Waals surface area contributed by atoms with Crippen LogP contribution in [-0.2, 0) is 30.6 Å². The van der Waals surface area contributed by atoms with Gasteiger partial charge in [0.2, 0.25) is 0 Å². The minimum Gasteiger partial charge on any atom is -0.378 e. The van der Waals surface area contributed by atoms with Crippen LogP contribution in [0.4, 0.5) is 13.2 Å². The topological polar surface area (TPSA) is 84.9 Å². The van der Waals surface area contributed by atoms with Gasteiger partial charge in [0.1, 0.15) is 23.3 Å². The minimum absolute atomic E-state index is 0.156. The Morgan fingerprint density at radius 1 is 0.643 bits per heavy atom. The van der Waals surface area contributed by atoms with Crippen LogP contribution in [0.15, 0.2) is 121 Å². The number of rotatable bonds is 8. The molecule has 0 unspecified atom stereocenters. The van der Waals surface area contributed by atoms with Crippen LogP contribution in [0.1, 0.15) is 36.1 Å². The normalized spacial score (nSPS) is 19.5. The molecule has 1 aliphatic rings. The highest BCUT2D eigenvalue weighted by molar-refractivity contribution is 7.90. The van der Waals surface area contributed by atoms with Crippen LogP contribution in [0, 0.1) is 0 Å². The van der Waals surface area contributed by atoms with Crippen molar-refractivity contribution in [2.45, 2.75) is 48.5 Å². The highest BCUT2D eigenvalue weighted by Crippen LogP contribution is 2.51. The van der Waals surface area contributed by atoms with Crippen molar-refractivity contribution in [3.8, 4) is 0 Å². The van der Waals surface area contributed by atoms with Crippen molar-refractivity contribution in [3.05, 3.63) is 144 Å². The van der Waals surface area contributed by atoms with Gasteiger partial charge in [-0.15, -0.1) is 0 Å². The maximum atomic E-state index is 14.1. The lowest BCUT2D eigenvalue weighted by atomic mass is 9.70. The molecule has 1 aliphatic heterocycles. The molecule has 220 valence electrons. The summed E-state index contributed by atoms with van der Waals surface area (Å²) in [4.78, 5) is 0. The van der Waals surface area contributed by atoms with Crippen LogP contribution in [0.2, 0.25) is 0 Å². The number of sulfonamides is 1. The van der Waals surface area contributed by atoms with Crippen molar-refractivity contribution < 1.29 is 36.2 Å². The largest absolute Gasteiger partial charge is 0.511 e. The molecule has 0 aliphatic carbocycles. The average Bonchev–Trinajstić information content (AvgIpc) is 3.32. The molecule has 1 fully saturated rings. The first-order valence-corrected chi connectivity index (χ1v) is 14.7. The molecule has 1 heterocycles. The average molecular weight is 598 g/mol. The van der Waals surface area contributed by atoms with E-state index in [1.807, 2.05) is 4.72 Å². The number of hydrogen-bond donors (Lipinski definition) is 2. The summed E-state index contributed by atoms with van der Waals surface area (Å²) in [6.07, 6.45) is -2.95. The number of hydrogen-bond acceptors (Lipinski definition) is 5. The van der Waals surface area contributed by atoms with Crippen LogP contribution in [0.5, 0.6) is 0 Å². The fourth-order valence-corrected chi connectivity index (χ4v) is 6.50. The first-order valence-electron chi connectivity index (χ1n) is 13.2. The summed E-state index contributed by atoms with van der Waals surface area (Å²) in [6.45, 7) is 3.13. The van der Waals surface area contributed by atoms with Crippen LogP contribution >= 0.6 is 0 Å². The first kappa shape index (κ1) is 29.9. The molecule has 4 aromatic carbocycles. The summed E-state index contributed by atoms with van der Waals surface area (Å²) in [5.41, 5.74) is -8.80. The SMILES string of the molecule is CC1(C)O[C@@H](C(O)(c2ccccc2)c2ccccc2)[C@H](C(NS(=O)(=O)C(F)(F)F)(c2ccccc2)c2ccccc2)O1. The molecule has 1 saturated heterocycles. The van der Waals surface area contributed by atoms with E-state index < -0.39 is 44.7 Å². The summed E-state index contributed by atoms with van der Waals surface area (Å²) in [7, 11) is -5.99. The number of benzene rings is 4. The number of ether oxygens (including phenoxy) is 2. The second-order valence-electron chi connectivity index (χ2n) is 10.6. The van der Waals surface area contributed by atoms with Gasteiger partial charge in [-0.25, -0.2) is 8.42 Å². The molecule has 5 rings (SSSR count). The second kappa shape index (κ2) is 10.9. The number of nitrogens with one attached hydrogen (secondary N) is 1. The lowest BCUT2D eigenvalue weighted by Crippen LogP contribution is -2.63. The maximum Gasteiger partial charge on any atom is 0.511 e. The Morgan fingerprint density at radius 3 is 1.33 bits per heavy atom. The van der Waals surface area contributed by atoms with Crippen molar-refractivity contribution in [2.75, 3.05) is 0 Å². The number of aliphatic hydroxyl groups is 1. The van der Waals surface area contributed by atoms with Crippen molar-refractivity contribution >= 4 is 10.0 Å². The second-order valence-corrected chi connectivity index (χ2v) is 12.2. The molecule has 0 saturated carbocycles. The summed E-state index contributed by atoms with van der Waals surface area (Å²) in [6, 6.07) is 32.8. The lowest BCUT2D eigenvalue weighted by molar-refractivity contribution is -0.167. The van der Waals surface area contributed by atoms with Crippen molar-refractivity contribution in [1.29, 1.82) is 0 Å². The zero-order valence-electron chi connectivity index (χ0n) is 22.8.